The number of carbonyl (C=O) groups excluding carboxylic acids is 1. The van der Waals surface area contributed by atoms with E-state index in [1.54, 1.807) is 18.2 Å². The molecule has 0 saturated carbocycles. The summed E-state index contributed by atoms with van der Waals surface area (Å²) in [6.07, 6.45) is 0. The van der Waals surface area contributed by atoms with Crippen LogP contribution in [-0.4, -0.2) is 50.6 Å². The van der Waals surface area contributed by atoms with Gasteiger partial charge in [-0.3, -0.25) is 0 Å². The number of nitrogens with zero attached hydrogens (tertiary/aromatic N) is 1. The molecule has 104 valence electrons. The Labute approximate surface area is 111 Å². The Kier molecular flexibility index (Phi) is 4.24. The largest absolute Gasteiger partial charge is 0.465 e. The van der Waals surface area contributed by atoms with E-state index in [1.807, 2.05) is 4.90 Å². The summed E-state index contributed by atoms with van der Waals surface area (Å²) in [5, 5.41) is 9.36. The summed E-state index contributed by atoms with van der Waals surface area (Å²) >= 11 is 0. The van der Waals surface area contributed by atoms with E-state index in [4.69, 9.17) is 10.5 Å². The molecule has 2 rings (SSSR count). The third kappa shape index (κ3) is 2.80. The van der Waals surface area contributed by atoms with Crippen LogP contribution in [0, 0.1) is 0 Å². The van der Waals surface area contributed by atoms with Crippen molar-refractivity contribution in [1.82, 2.24) is 0 Å². The third-order valence-electron chi connectivity index (χ3n) is 3.20. The minimum atomic E-state index is -0.418. The second-order valence-electron chi connectivity index (χ2n) is 4.37. The Hall–Kier alpha value is -1.79. The summed E-state index contributed by atoms with van der Waals surface area (Å²) in [6, 6.07) is 4.92. The Bertz CT molecular complexity index is 464. The number of benzene rings is 1. The maximum Gasteiger partial charge on any atom is 0.337 e. The van der Waals surface area contributed by atoms with Gasteiger partial charge in [-0.25, -0.2) is 4.79 Å². The van der Waals surface area contributed by atoms with Gasteiger partial charge in [-0.2, -0.15) is 0 Å². The molecule has 0 aliphatic carbocycles. The summed E-state index contributed by atoms with van der Waals surface area (Å²) in [6.45, 7) is 1.72. The molecule has 1 heterocycles. The van der Waals surface area contributed by atoms with Crippen LogP contribution in [0.4, 0.5) is 11.4 Å². The number of ether oxygens (including phenoxy) is 2. The predicted octanol–water partition coefficient (Wildman–Crippen LogP) is 0.253. The van der Waals surface area contributed by atoms with Crippen LogP contribution < -0.4 is 10.6 Å². The zero-order chi connectivity index (χ0) is 13.8. The maximum atomic E-state index is 11.4. The lowest BCUT2D eigenvalue weighted by atomic mass is 10.1. The smallest absolute Gasteiger partial charge is 0.337 e. The van der Waals surface area contributed by atoms with Crippen LogP contribution >= 0.6 is 0 Å². The van der Waals surface area contributed by atoms with Gasteiger partial charge >= 0.3 is 5.97 Å². The SMILES string of the molecule is COC(=O)c1ccc(N2CCOCC2CO)c(N)c1. The highest BCUT2D eigenvalue weighted by Gasteiger charge is 2.24. The first kappa shape index (κ1) is 13.6. The number of anilines is 2. The number of esters is 1. The quantitative estimate of drug-likeness (QED) is 0.602. The molecule has 1 unspecified atom stereocenters. The molecule has 0 bridgehead atoms. The van der Waals surface area contributed by atoms with Gasteiger partial charge in [0.1, 0.15) is 0 Å². The van der Waals surface area contributed by atoms with E-state index in [0.717, 1.165) is 5.69 Å². The van der Waals surface area contributed by atoms with Gasteiger partial charge in [-0.1, -0.05) is 0 Å². The molecule has 1 aliphatic rings. The van der Waals surface area contributed by atoms with Gasteiger partial charge in [0.05, 0.1) is 49.9 Å². The molecule has 1 atom stereocenters. The third-order valence-corrected chi connectivity index (χ3v) is 3.20. The fourth-order valence-corrected chi connectivity index (χ4v) is 2.18. The van der Waals surface area contributed by atoms with Crippen LogP contribution in [0.25, 0.3) is 0 Å². The molecule has 0 radical (unpaired) electrons. The fourth-order valence-electron chi connectivity index (χ4n) is 2.18. The van der Waals surface area contributed by atoms with E-state index in [-0.39, 0.29) is 12.6 Å². The van der Waals surface area contributed by atoms with Gasteiger partial charge in [0.15, 0.2) is 0 Å². The van der Waals surface area contributed by atoms with Crippen molar-refractivity contribution in [3.63, 3.8) is 0 Å². The molecule has 19 heavy (non-hydrogen) atoms. The number of methoxy groups -OCH3 is 1. The van der Waals surface area contributed by atoms with Crippen molar-refractivity contribution < 1.29 is 19.4 Å². The van der Waals surface area contributed by atoms with Crippen LogP contribution in [0.3, 0.4) is 0 Å². The highest BCUT2D eigenvalue weighted by Crippen LogP contribution is 2.27. The van der Waals surface area contributed by atoms with Crippen LogP contribution in [-0.2, 0) is 9.47 Å². The van der Waals surface area contributed by atoms with Gasteiger partial charge in [0.25, 0.3) is 0 Å². The first-order valence-electron chi connectivity index (χ1n) is 6.10. The number of hydrogen-bond acceptors (Lipinski definition) is 6. The molecular formula is C13H18N2O4. The number of morpholine rings is 1. The van der Waals surface area contributed by atoms with Crippen LogP contribution in [0.15, 0.2) is 18.2 Å². The van der Waals surface area contributed by atoms with Crippen molar-refractivity contribution in [2.75, 3.05) is 44.1 Å². The van der Waals surface area contributed by atoms with E-state index in [0.29, 0.717) is 31.0 Å². The molecule has 3 N–H and O–H groups in total. The Balaban J connectivity index is 2.27. The lowest BCUT2D eigenvalue weighted by molar-refractivity contribution is 0.0600. The van der Waals surface area contributed by atoms with E-state index in [2.05, 4.69) is 4.74 Å². The van der Waals surface area contributed by atoms with Crippen molar-refractivity contribution in [2.24, 2.45) is 0 Å². The zero-order valence-corrected chi connectivity index (χ0v) is 10.8. The van der Waals surface area contributed by atoms with Gasteiger partial charge in [-0.15, -0.1) is 0 Å². The summed E-state index contributed by atoms with van der Waals surface area (Å²) in [4.78, 5) is 13.4. The van der Waals surface area contributed by atoms with E-state index in [9.17, 15) is 9.90 Å². The topological polar surface area (TPSA) is 85.0 Å². The second-order valence-corrected chi connectivity index (χ2v) is 4.37. The Morgan fingerprint density at radius 3 is 3.05 bits per heavy atom. The van der Waals surface area contributed by atoms with Crippen LogP contribution in [0.5, 0.6) is 0 Å². The van der Waals surface area contributed by atoms with Crippen molar-refractivity contribution in [3.8, 4) is 0 Å². The maximum absolute atomic E-state index is 11.4. The number of carbonyl (C=O) groups is 1. The molecule has 1 aromatic carbocycles. The van der Waals surface area contributed by atoms with Crippen LogP contribution in [0.1, 0.15) is 10.4 Å². The van der Waals surface area contributed by atoms with Crippen molar-refractivity contribution in [2.45, 2.75) is 6.04 Å². The molecular weight excluding hydrogens is 248 g/mol. The highest BCUT2D eigenvalue weighted by molar-refractivity contribution is 5.92. The minimum absolute atomic E-state index is 0.00179. The number of aliphatic hydroxyl groups excluding tert-OH is 1. The number of nitrogen functional groups attached to an aromatic ring is 1. The summed E-state index contributed by atoms with van der Waals surface area (Å²) in [5.41, 5.74) is 7.69. The van der Waals surface area contributed by atoms with Gasteiger partial charge in [0, 0.05) is 6.54 Å². The van der Waals surface area contributed by atoms with Crippen molar-refractivity contribution in [3.05, 3.63) is 23.8 Å². The van der Waals surface area contributed by atoms with E-state index in [1.165, 1.54) is 7.11 Å². The summed E-state index contributed by atoms with van der Waals surface area (Å²) < 4.78 is 9.98. The van der Waals surface area contributed by atoms with Crippen molar-refractivity contribution >= 4 is 17.3 Å². The molecule has 6 nitrogen and oxygen atoms in total. The van der Waals surface area contributed by atoms with Crippen molar-refractivity contribution in [1.29, 1.82) is 0 Å². The Morgan fingerprint density at radius 2 is 2.42 bits per heavy atom. The van der Waals surface area contributed by atoms with E-state index >= 15 is 0 Å². The first-order valence-corrected chi connectivity index (χ1v) is 6.10. The molecule has 1 aromatic rings. The molecule has 1 saturated heterocycles. The monoisotopic (exact) mass is 266 g/mol. The molecule has 1 aliphatic heterocycles. The standard InChI is InChI=1S/C13H18N2O4/c1-18-13(17)9-2-3-12(11(14)6-9)15-4-5-19-8-10(15)7-16/h2-3,6,10,16H,4-5,7-8,14H2,1H3. The molecule has 0 amide bonds. The highest BCUT2D eigenvalue weighted by atomic mass is 16.5. The zero-order valence-electron chi connectivity index (χ0n) is 10.8. The lowest BCUT2D eigenvalue weighted by Gasteiger charge is -2.37. The molecule has 6 heteroatoms. The number of aliphatic hydroxyl groups is 1. The second kappa shape index (κ2) is 5.90. The number of hydrogen-bond donors (Lipinski definition) is 2. The predicted molar refractivity (Wildman–Crippen MR) is 71.2 cm³/mol. The fraction of sp³-hybridized carbons (Fsp3) is 0.462. The molecule has 1 fully saturated rings. The summed E-state index contributed by atoms with van der Waals surface area (Å²) in [5.74, 6) is -0.418. The lowest BCUT2D eigenvalue weighted by Crippen LogP contribution is -2.47. The normalized spacial score (nSPS) is 19.3. The number of nitrogens with two attached hydrogens (primary N) is 1. The van der Waals surface area contributed by atoms with E-state index < -0.39 is 5.97 Å². The average Bonchev–Trinajstić information content (AvgIpc) is 2.46. The minimum Gasteiger partial charge on any atom is -0.465 e. The van der Waals surface area contributed by atoms with Gasteiger partial charge in [-0.05, 0) is 18.2 Å². The first-order chi connectivity index (χ1) is 9.17. The van der Waals surface area contributed by atoms with Gasteiger partial charge < -0.3 is 25.2 Å². The molecule has 0 spiro atoms. The van der Waals surface area contributed by atoms with Gasteiger partial charge in [0.2, 0.25) is 0 Å². The average molecular weight is 266 g/mol. The number of rotatable bonds is 3. The summed E-state index contributed by atoms with van der Waals surface area (Å²) in [7, 11) is 1.33. The Morgan fingerprint density at radius 1 is 1.63 bits per heavy atom. The molecule has 0 aromatic heterocycles. The van der Waals surface area contributed by atoms with Crippen LogP contribution in [0.2, 0.25) is 0 Å².